The molecule has 0 spiro atoms. The quantitative estimate of drug-likeness (QED) is 0.318. The van der Waals surface area contributed by atoms with Crippen molar-refractivity contribution in [2.24, 2.45) is 5.92 Å². The minimum atomic E-state index is -0.405. The lowest BCUT2D eigenvalue weighted by Crippen LogP contribution is -2.38. The molecule has 4 aromatic rings. The first-order valence-corrected chi connectivity index (χ1v) is 13.5. The van der Waals surface area contributed by atoms with Gasteiger partial charge in [0.25, 0.3) is 11.1 Å². The normalized spacial score (nSPS) is 17.4. The van der Waals surface area contributed by atoms with Crippen molar-refractivity contribution in [2.45, 2.75) is 19.4 Å². The number of carbonyl (C=O) groups excluding carboxylic acids is 2. The van der Waals surface area contributed by atoms with Crippen LogP contribution in [-0.4, -0.2) is 45.7 Å². The Hall–Kier alpha value is -4.09. The van der Waals surface area contributed by atoms with Gasteiger partial charge in [-0.25, -0.2) is 19.3 Å². The predicted octanol–water partition coefficient (Wildman–Crippen LogP) is 4.75. The number of benzene rings is 1. The Labute approximate surface area is 227 Å². The number of carbonyl (C=O) groups is 2. The molecule has 11 heteroatoms. The molecule has 6 rings (SSSR count). The van der Waals surface area contributed by atoms with Gasteiger partial charge in [0, 0.05) is 37.3 Å². The van der Waals surface area contributed by atoms with E-state index in [0.717, 1.165) is 55.2 Å². The van der Waals surface area contributed by atoms with E-state index in [-0.39, 0.29) is 11.1 Å². The molecular formula is C28H25FN6O3S. The summed E-state index contributed by atoms with van der Waals surface area (Å²) in [5.41, 5.74) is 2.43. The fraction of sp³-hybridized carbons (Fsp3) is 0.250. The molecule has 0 unspecified atom stereocenters. The van der Waals surface area contributed by atoms with Crippen LogP contribution in [-0.2, 0) is 11.3 Å². The number of furan rings is 1. The second-order valence-electron chi connectivity index (χ2n) is 9.51. The third kappa shape index (κ3) is 5.84. The molecule has 0 saturated carbocycles. The van der Waals surface area contributed by atoms with Crippen LogP contribution in [0.25, 0.3) is 28.5 Å². The molecular weight excluding hydrogens is 519 g/mol. The van der Waals surface area contributed by atoms with E-state index in [1.54, 1.807) is 18.3 Å². The molecule has 39 heavy (non-hydrogen) atoms. The van der Waals surface area contributed by atoms with E-state index >= 15 is 0 Å². The number of hydrogen-bond donors (Lipinski definition) is 2. The van der Waals surface area contributed by atoms with Crippen LogP contribution < -0.4 is 15.5 Å². The summed E-state index contributed by atoms with van der Waals surface area (Å²) >= 11 is 0.868. The van der Waals surface area contributed by atoms with Gasteiger partial charge in [0.2, 0.25) is 5.95 Å². The van der Waals surface area contributed by atoms with Crippen LogP contribution in [0.5, 0.6) is 0 Å². The Morgan fingerprint density at radius 2 is 1.97 bits per heavy atom. The molecule has 5 heterocycles. The molecule has 0 aliphatic carbocycles. The number of nitrogens with zero attached hydrogens (tertiary/aromatic N) is 4. The van der Waals surface area contributed by atoms with Crippen LogP contribution in [0.15, 0.2) is 64.1 Å². The van der Waals surface area contributed by atoms with Crippen molar-refractivity contribution in [3.8, 4) is 11.5 Å². The second-order valence-corrected chi connectivity index (χ2v) is 10.5. The molecule has 2 aliphatic rings. The predicted molar refractivity (Wildman–Crippen MR) is 147 cm³/mol. The smallest absolute Gasteiger partial charge is 0.290 e. The van der Waals surface area contributed by atoms with Crippen molar-refractivity contribution in [2.75, 3.05) is 24.5 Å². The number of imide groups is 1. The number of nitrogens with one attached hydrogen (secondary N) is 2. The maximum absolute atomic E-state index is 14.4. The van der Waals surface area contributed by atoms with Crippen LogP contribution in [0.2, 0.25) is 0 Å². The van der Waals surface area contributed by atoms with Crippen LogP contribution in [0.1, 0.15) is 24.2 Å². The van der Waals surface area contributed by atoms with Gasteiger partial charge in [-0.1, -0.05) is 18.2 Å². The van der Waals surface area contributed by atoms with Gasteiger partial charge in [-0.05, 0) is 67.4 Å². The molecule has 0 radical (unpaired) electrons. The first-order chi connectivity index (χ1) is 19.0. The van der Waals surface area contributed by atoms with Gasteiger partial charge in [-0.2, -0.15) is 0 Å². The molecule has 198 valence electrons. The van der Waals surface area contributed by atoms with Gasteiger partial charge in [0.1, 0.15) is 17.1 Å². The van der Waals surface area contributed by atoms with E-state index in [2.05, 4.69) is 30.5 Å². The van der Waals surface area contributed by atoms with E-state index in [4.69, 9.17) is 4.42 Å². The lowest BCUT2D eigenvalue weighted by Gasteiger charge is -2.32. The van der Waals surface area contributed by atoms with Crippen LogP contribution in [0, 0.1) is 11.7 Å². The van der Waals surface area contributed by atoms with E-state index in [0.29, 0.717) is 46.2 Å². The number of thioether (sulfide) groups is 1. The van der Waals surface area contributed by atoms with Crippen molar-refractivity contribution in [1.29, 1.82) is 0 Å². The maximum Gasteiger partial charge on any atom is 0.290 e. The lowest BCUT2D eigenvalue weighted by atomic mass is 9.97. The number of anilines is 1. The van der Waals surface area contributed by atoms with Gasteiger partial charge >= 0.3 is 0 Å². The lowest BCUT2D eigenvalue weighted by molar-refractivity contribution is -0.115. The first kappa shape index (κ1) is 25.2. The Kier molecular flexibility index (Phi) is 7.08. The number of fused-ring (bicyclic) bond motifs is 1. The highest BCUT2D eigenvalue weighted by Crippen LogP contribution is 2.28. The topological polar surface area (TPSA) is 113 Å². The number of amides is 2. The number of rotatable bonds is 7. The van der Waals surface area contributed by atoms with Gasteiger partial charge in [-0.15, -0.1) is 0 Å². The van der Waals surface area contributed by atoms with Gasteiger partial charge in [-0.3, -0.25) is 14.9 Å². The summed E-state index contributed by atoms with van der Waals surface area (Å²) in [7, 11) is 0. The average Bonchev–Trinajstić information content (AvgIpc) is 3.51. The summed E-state index contributed by atoms with van der Waals surface area (Å²) < 4.78 is 20.2. The number of hydrogen-bond acceptors (Lipinski definition) is 9. The van der Waals surface area contributed by atoms with Gasteiger partial charge < -0.3 is 14.6 Å². The highest BCUT2D eigenvalue weighted by molar-refractivity contribution is 8.18. The third-order valence-corrected chi connectivity index (χ3v) is 7.55. The molecule has 0 atom stereocenters. The molecule has 0 bridgehead atoms. The molecule has 2 N–H and O–H groups in total. The standard InChI is InChI=1S/C28H25FN6O3S/c29-19-12-21(32-22(13-19)24-11-18-3-1-2-4-23(18)38-24)16-30-15-17-6-9-35(10-7-17)27-31-8-5-20(33-27)14-25-26(36)34-28(37)39-25/h1-5,8,11-14,17,30H,6-7,9-10,15-16H2,(H,34,36,37)/b25-14+. The first-order valence-electron chi connectivity index (χ1n) is 12.7. The van der Waals surface area contributed by atoms with E-state index < -0.39 is 5.91 Å². The Balaban J connectivity index is 1.02. The van der Waals surface area contributed by atoms with Crippen molar-refractivity contribution in [3.05, 3.63) is 76.8 Å². The number of para-hydroxylation sites is 1. The fourth-order valence-corrected chi connectivity index (χ4v) is 5.43. The van der Waals surface area contributed by atoms with Crippen LogP contribution in [0.3, 0.4) is 0 Å². The average molecular weight is 545 g/mol. The number of aromatic nitrogens is 3. The van der Waals surface area contributed by atoms with Crippen LogP contribution >= 0.6 is 11.8 Å². The number of piperidine rings is 1. The summed E-state index contributed by atoms with van der Waals surface area (Å²) in [6.45, 7) is 2.85. The highest BCUT2D eigenvalue weighted by atomic mass is 32.2. The van der Waals surface area contributed by atoms with Crippen LogP contribution in [0.4, 0.5) is 15.1 Å². The number of halogens is 1. The van der Waals surface area contributed by atoms with Gasteiger partial charge in [0.05, 0.1) is 16.3 Å². The zero-order chi connectivity index (χ0) is 26.8. The summed E-state index contributed by atoms with van der Waals surface area (Å²) in [5.74, 6) is 0.859. The van der Waals surface area contributed by atoms with Crippen molar-refractivity contribution < 1.29 is 18.4 Å². The highest BCUT2D eigenvalue weighted by Gasteiger charge is 2.26. The summed E-state index contributed by atoms with van der Waals surface area (Å²) in [6.07, 6.45) is 5.17. The van der Waals surface area contributed by atoms with Gasteiger partial charge in [0.15, 0.2) is 5.76 Å². The zero-order valence-electron chi connectivity index (χ0n) is 20.9. The Bertz CT molecular complexity index is 1550. The van der Waals surface area contributed by atoms with Crippen molar-refractivity contribution in [1.82, 2.24) is 25.6 Å². The maximum atomic E-state index is 14.4. The van der Waals surface area contributed by atoms with Crippen molar-refractivity contribution >= 4 is 45.9 Å². The minimum Gasteiger partial charge on any atom is -0.454 e. The van der Waals surface area contributed by atoms with Crippen molar-refractivity contribution in [3.63, 3.8) is 0 Å². The zero-order valence-corrected chi connectivity index (χ0v) is 21.7. The molecule has 2 fully saturated rings. The summed E-state index contributed by atoms with van der Waals surface area (Å²) in [5, 5.41) is 6.25. The summed E-state index contributed by atoms with van der Waals surface area (Å²) in [6, 6.07) is 14.1. The molecule has 2 aliphatic heterocycles. The SMILES string of the molecule is O=C1NC(=O)/C(=C\c2ccnc(N3CCC(CNCc4cc(F)cc(-c5cc6ccccc6o5)n4)CC3)n2)S1. The Morgan fingerprint density at radius 3 is 2.77 bits per heavy atom. The molecule has 2 saturated heterocycles. The molecule has 1 aromatic carbocycles. The molecule has 2 amide bonds. The second kappa shape index (κ2) is 11.0. The molecule has 9 nitrogen and oxygen atoms in total. The van der Waals surface area contributed by atoms with E-state index in [1.807, 2.05) is 30.3 Å². The summed E-state index contributed by atoms with van der Waals surface area (Å²) in [4.78, 5) is 39.2. The van der Waals surface area contributed by atoms with E-state index in [1.165, 1.54) is 12.1 Å². The largest absolute Gasteiger partial charge is 0.454 e. The monoisotopic (exact) mass is 544 g/mol. The third-order valence-electron chi connectivity index (χ3n) is 6.74. The molecule has 3 aromatic heterocycles. The fourth-order valence-electron chi connectivity index (χ4n) is 4.77. The Morgan fingerprint density at radius 1 is 1.13 bits per heavy atom. The minimum absolute atomic E-state index is 0.326. The van der Waals surface area contributed by atoms with E-state index in [9.17, 15) is 14.0 Å². The number of pyridine rings is 1.